The zero-order valence-corrected chi connectivity index (χ0v) is 16.4. The van der Waals surface area contributed by atoms with Crippen LogP contribution in [-0.4, -0.2) is 30.4 Å². The van der Waals surface area contributed by atoms with Crippen LogP contribution in [0.4, 0.5) is 5.69 Å². The van der Waals surface area contributed by atoms with Crippen molar-refractivity contribution in [2.24, 2.45) is 11.7 Å². The molecule has 0 bridgehead atoms. The van der Waals surface area contributed by atoms with Crippen LogP contribution in [0, 0.1) is 5.92 Å². The largest absolute Gasteiger partial charge is 0.326 e. The molecule has 1 fully saturated rings. The molecule has 5 rings (SSSR count). The lowest BCUT2D eigenvalue weighted by Crippen LogP contribution is -2.46. The Kier molecular flexibility index (Phi) is 4.48. The van der Waals surface area contributed by atoms with Gasteiger partial charge in [-0.05, 0) is 72.9 Å². The van der Waals surface area contributed by atoms with Gasteiger partial charge in [0.25, 0.3) is 0 Å². The van der Waals surface area contributed by atoms with Crippen LogP contribution in [0.5, 0.6) is 0 Å². The number of carbonyl (C=O) groups excluding carboxylic acids is 1. The van der Waals surface area contributed by atoms with Crippen molar-refractivity contribution in [2.45, 2.75) is 44.1 Å². The van der Waals surface area contributed by atoms with Gasteiger partial charge in [-0.3, -0.25) is 4.79 Å². The number of carbonyl (C=O) groups is 1. The number of aryl methyl sites for hydroxylation is 1. The number of likely N-dealkylation sites (tertiary alicyclic amines) is 1. The van der Waals surface area contributed by atoms with Gasteiger partial charge in [-0.15, -0.1) is 0 Å². The molecule has 4 nitrogen and oxygen atoms in total. The van der Waals surface area contributed by atoms with Gasteiger partial charge < -0.3 is 16.0 Å². The van der Waals surface area contributed by atoms with Gasteiger partial charge in [-0.25, -0.2) is 0 Å². The summed E-state index contributed by atoms with van der Waals surface area (Å²) in [5.41, 5.74) is 12.6. The summed E-state index contributed by atoms with van der Waals surface area (Å²) < 4.78 is 0. The van der Waals surface area contributed by atoms with Crippen LogP contribution in [0.2, 0.25) is 0 Å². The SMILES string of the molecule is NCc1cccc2c1NC(=O)C(CN1CCC3(CCc4ccccc43)CC1)C2. The summed E-state index contributed by atoms with van der Waals surface area (Å²) in [5, 5.41) is 3.14. The van der Waals surface area contributed by atoms with E-state index < -0.39 is 0 Å². The Hall–Kier alpha value is -2.17. The highest BCUT2D eigenvalue weighted by Gasteiger charge is 2.41. The van der Waals surface area contributed by atoms with E-state index in [2.05, 4.69) is 46.6 Å². The van der Waals surface area contributed by atoms with Crippen molar-refractivity contribution in [1.82, 2.24) is 4.90 Å². The zero-order chi connectivity index (χ0) is 19.1. The number of para-hydroxylation sites is 1. The molecular formula is C24H29N3O. The molecule has 1 unspecified atom stereocenters. The third-order valence-electron chi connectivity index (χ3n) is 7.30. The molecule has 146 valence electrons. The van der Waals surface area contributed by atoms with E-state index in [0.29, 0.717) is 12.0 Å². The Morgan fingerprint density at radius 2 is 1.82 bits per heavy atom. The molecule has 1 aliphatic carbocycles. The van der Waals surface area contributed by atoms with Gasteiger partial charge in [0.15, 0.2) is 0 Å². The summed E-state index contributed by atoms with van der Waals surface area (Å²) in [6.07, 6.45) is 5.76. The second kappa shape index (κ2) is 7.02. The summed E-state index contributed by atoms with van der Waals surface area (Å²) >= 11 is 0. The number of anilines is 1. The third-order valence-corrected chi connectivity index (χ3v) is 7.30. The van der Waals surface area contributed by atoms with E-state index >= 15 is 0 Å². The highest BCUT2D eigenvalue weighted by molar-refractivity contribution is 5.96. The Morgan fingerprint density at radius 3 is 2.64 bits per heavy atom. The fourth-order valence-electron chi connectivity index (χ4n) is 5.64. The minimum absolute atomic E-state index is 0.0328. The minimum atomic E-state index is 0.0328. The monoisotopic (exact) mass is 375 g/mol. The van der Waals surface area contributed by atoms with E-state index in [1.54, 1.807) is 11.1 Å². The van der Waals surface area contributed by atoms with E-state index in [9.17, 15) is 4.79 Å². The van der Waals surface area contributed by atoms with Crippen molar-refractivity contribution in [3.63, 3.8) is 0 Å². The van der Waals surface area contributed by atoms with Crippen LogP contribution in [0.15, 0.2) is 42.5 Å². The summed E-state index contributed by atoms with van der Waals surface area (Å²) in [5.74, 6) is 0.185. The molecule has 1 atom stereocenters. The van der Waals surface area contributed by atoms with E-state index in [1.165, 1.54) is 31.2 Å². The van der Waals surface area contributed by atoms with Gasteiger partial charge in [-0.1, -0.05) is 42.5 Å². The molecule has 2 heterocycles. The second-order valence-corrected chi connectivity index (χ2v) is 8.78. The van der Waals surface area contributed by atoms with Gasteiger partial charge in [-0.2, -0.15) is 0 Å². The fourth-order valence-corrected chi connectivity index (χ4v) is 5.64. The molecule has 1 saturated heterocycles. The topological polar surface area (TPSA) is 58.4 Å². The van der Waals surface area contributed by atoms with Crippen molar-refractivity contribution in [3.8, 4) is 0 Å². The van der Waals surface area contributed by atoms with Gasteiger partial charge in [0, 0.05) is 18.8 Å². The smallest absolute Gasteiger partial charge is 0.229 e. The van der Waals surface area contributed by atoms with Gasteiger partial charge in [0.2, 0.25) is 5.91 Å². The maximum Gasteiger partial charge on any atom is 0.229 e. The van der Waals surface area contributed by atoms with Crippen LogP contribution in [0.3, 0.4) is 0 Å². The minimum Gasteiger partial charge on any atom is -0.326 e. The highest BCUT2D eigenvalue weighted by Crippen LogP contribution is 2.46. The zero-order valence-electron chi connectivity index (χ0n) is 16.4. The van der Waals surface area contributed by atoms with Crippen LogP contribution in [0.1, 0.15) is 41.5 Å². The Labute approximate surface area is 167 Å². The van der Waals surface area contributed by atoms with E-state index in [1.807, 2.05) is 6.07 Å². The predicted octanol–water partition coefficient (Wildman–Crippen LogP) is 3.24. The van der Waals surface area contributed by atoms with Crippen LogP contribution >= 0.6 is 0 Å². The van der Waals surface area contributed by atoms with Crippen LogP contribution in [-0.2, 0) is 29.6 Å². The third kappa shape index (κ3) is 2.96. The molecule has 1 amide bonds. The Balaban J connectivity index is 1.26. The fraction of sp³-hybridized carbons (Fsp3) is 0.458. The van der Waals surface area contributed by atoms with Crippen LogP contribution < -0.4 is 11.1 Å². The van der Waals surface area contributed by atoms with Gasteiger partial charge in [0.1, 0.15) is 0 Å². The molecule has 1 spiro atoms. The number of hydrogen-bond donors (Lipinski definition) is 2. The average molecular weight is 376 g/mol. The van der Waals surface area contributed by atoms with Crippen molar-refractivity contribution < 1.29 is 4.79 Å². The Bertz CT molecular complexity index is 898. The van der Waals surface area contributed by atoms with Crippen molar-refractivity contribution >= 4 is 11.6 Å². The number of hydrogen-bond acceptors (Lipinski definition) is 3. The molecule has 0 aromatic heterocycles. The molecule has 2 aliphatic heterocycles. The first-order chi connectivity index (χ1) is 13.7. The lowest BCUT2D eigenvalue weighted by molar-refractivity contribution is -0.121. The molecule has 28 heavy (non-hydrogen) atoms. The second-order valence-electron chi connectivity index (χ2n) is 8.78. The van der Waals surface area contributed by atoms with Crippen LogP contribution in [0.25, 0.3) is 0 Å². The summed E-state index contributed by atoms with van der Waals surface area (Å²) in [6, 6.07) is 15.2. The molecule has 3 aliphatic rings. The Morgan fingerprint density at radius 1 is 1.04 bits per heavy atom. The predicted molar refractivity (Wildman–Crippen MR) is 112 cm³/mol. The first kappa shape index (κ1) is 17.9. The maximum atomic E-state index is 12.7. The van der Waals surface area contributed by atoms with Gasteiger partial charge in [0.05, 0.1) is 5.92 Å². The molecule has 3 N–H and O–H groups in total. The first-order valence-corrected chi connectivity index (χ1v) is 10.6. The van der Waals surface area contributed by atoms with Crippen molar-refractivity contribution in [3.05, 3.63) is 64.7 Å². The number of rotatable bonds is 3. The number of nitrogens with two attached hydrogens (primary N) is 1. The molecule has 2 aromatic carbocycles. The number of nitrogens with zero attached hydrogens (tertiary/aromatic N) is 1. The molecular weight excluding hydrogens is 346 g/mol. The first-order valence-electron chi connectivity index (χ1n) is 10.6. The number of amides is 1. The quantitative estimate of drug-likeness (QED) is 0.866. The number of fused-ring (bicyclic) bond motifs is 3. The van der Waals surface area contributed by atoms with E-state index in [-0.39, 0.29) is 11.8 Å². The van der Waals surface area contributed by atoms with E-state index in [4.69, 9.17) is 5.73 Å². The summed E-state index contributed by atoms with van der Waals surface area (Å²) in [7, 11) is 0. The van der Waals surface area contributed by atoms with Crippen molar-refractivity contribution in [1.29, 1.82) is 0 Å². The maximum absolute atomic E-state index is 12.7. The summed E-state index contributed by atoms with van der Waals surface area (Å²) in [6.45, 7) is 3.50. The molecule has 0 radical (unpaired) electrons. The highest BCUT2D eigenvalue weighted by atomic mass is 16.2. The summed E-state index contributed by atoms with van der Waals surface area (Å²) in [4.78, 5) is 15.2. The average Bonchev–Trinajstić information content (AvgIpc) is 3.08. The van der Waals surface area contributed by atoms with Crippen molar-refractivity contribution in [2.75, 3.05) is 25.0 Å². The molecule has 0 saturated carbocycles. The van der Waals surface area contributed by atoms with Gasteiger partial charge >= 0.3 is 0 Å². The standard InChI is InChI=1S/C24H29N3O/c25-15-19-6-3-5-18-14-20(23(28)26-22(18)19)16-27-12-10-24(11-13-27)9-8-17-4-1-2-7-21(17)24/h1-7,20H,8-16,25H2,(H,26,28). The lowest BCUT2D eigenvalue weighted by atomic mass is 9.73. The normalized spacial score (nSPS) is 23.3. The van der Waals surface area contributed by atoms with E-state index in [0.717, 1.165) is 37.3 Å². The number of benzene rings is 2. The molecule has 2 aromatic rings. The number of nitrogens with one attached hydrogen (secondary N) is 1. The number of piperidine rings is 1. The molecule has 4 heteroatoms. The lowest BCUT2D eigenvalue weighted by Gasteiger charge is -2.41.